The standard InChI is InChI=1S/C15H16N4.C7H8O3S/c1-11-17-18(2)15(16)19(11)10-12-7-8-13-5-3-4-6-14(13)9-12;1-6-2-4-7(5-3-6)11(8,9)10/h3-9,16H,10H2,1-2H3;2-5H,1H3,(H,8,9,10). The van der Waals surface area contributed by atoms with Crippen LogP contribution < -0.4 is 5.62 Å². The van der Waals surface area contributed by atoms with Crippen LogP contribution in [0.15, 0.2) is 71.6 Å². The number of hydrogen-bond acceptors (Lipinski definition) is 4. The highest BCUT2D eigenvalue weighted by Crippen LogP contribution is 2.16. The van der Waals surface area contributed by atoms with Gasteiger partial charge >= 0.3 is 0 Å². The lowest BCUT2D eigenvalue weighted by Gasteiger charge is -2.06. The molecule has 156 valence electrons. The van der Waals surface area contributed by atoms with Gasteiger partial charge in [0.2, 0.25) is 5.62 Å². The lowest BCUT2D eigenvalue weighted by molar-refractivity contribution is 0.483. The lowest BCUT2D eigenvalue weighted by atomic mass is 10.1. The van der Waals surface area contributed by atoms with Crippen LogP contribution in [0, 0.1) is 19.3 Å². The molecule has 0 spiro atoms. The Morgan fingerprint density at radius 2 is 1.60 bits per heavy atom. The first-order valence-electron chi connectivity index (χ1n) is 9.32. The van der Waals surface area contributed by atoms with E-state index in [-0.39, 0.29) is 4.90 Å². The first-order valence-corrected chi connectivity index (χ1v) is 10.8. The van der Waals surface area contributed by atoms with Crippen molar-refractivity contribution in [1.29, 1.82) is 5.41 Å². The van der Waals surface area contributed by atoms with E-state index < -0.39 is 10.1 Å². The molecule has 0 aliphatic carbocycles. The quantitative estimate of drug-likeness (QED) is 0.492. The maximum atomic E-state index is 10.5. The van der Waals surface area contributed by atoms with E-state index in [1.807, 2.05) is 30.5 Å². The third kappa shape index (κ3) is 5.03. The summed E-state index contributed by atoms with van der Waals surface area (Å²) in [4.78, 5) is -0.0666. The van der Waals surface area contributed by atoms with Gasteiger partial charge in [-0.05, 0) is 48.4 Å². The zero-order chi connectivity index (χ0) is 21.9. The van der Waals surface area contributed by atoms with Crippen LogP contribution in [0.3, 0.4) is 0 Å². The van der Waals surface area contributed by atoms with E-state index in [0.717, 1.165) is 11.4 Å². The molecule has 2 N–H and O–H groups in total. The topological polar surface area (TPSA) is 101 Å². The fraction of sp³-hybridized carbons (Fsp3) is 0.182. The van der Waals surface area contributed by atoms with Gasteiger partial charge in [-0.25, -0.2) is 4.68 Å². The van der Waals surface area contributed by atoms with Crippen molar-refractivity contribution in [2.75, 3.05) is 0 Å². The van der Waals surface area contributed by atoms with Crippen LogP contribution in [0.5, 0.6) is 0 Å². The highest BCUT2D eigenvalue weighted by atomic mass is 32.2. The van der Waals surface area contributed by atoms with E-state index in [2.05, 4.69) is 35.4 Å². The number of rotatable bonds is 3. The Kier molecular flexibility index (Phi) is 6.19. The number of benzene rings is 3. The second-order valence-electron chi connectivity index (χ2n) is 7.05. The highest BCUT2D eigenvalue weighted by molar-refractivity contribution is 7.85. The van der Waals surface area contributed by atoms with E-state index in [9.17, 15) is 8.42 Å². The van der Waals surface area contributed by atoms with Crippen molar-refractivity contribution in [3.05, 3.63) is 89.3 Å². The molecule has 0 radical (unpaired) electrons. The summed E-state index contributed by atoms with van der Waals surface area (Å²) in [6.45, 7) is 4.45. The summed E-state index contributed by atoms with van der Waals surface area (Å²) in [5.74, 6) is 0.862. The van der Waals surface area contributed by atoms with Crippen molar-refractivity contribution in [2.24, 2.45) is 7.05 Å². The molecule has 0 fully saturated rings. The first-order chi connectivity index (χ1) is 14.1. The largest absolute Gasteiger partial charge is 0.294 e. The van der Waals surface area contributed by atoms with E-state index in [1.54, 1.807) is 23.9 Å². The monoisotopic (exact) mass is 424 g/mol. The molecule has 8 heteroatoms. The number of aryl methyl sites for hydroxylation is 3. The SMILES string of the molecule is Cc1ccc(S(=O)(=O)O)cc1.Cc1nn(C)c(=N)n1Cc1ccc2ccccc2c1. The second-order valence-corrected chi connectivity index (χ2v) is 8.47. The van der Waals surface area contributed by atoms with Crippen molar-refractivity contribution in [3.8, 4) is 0 Å². The van der Waals surface area contributed by atoms with Crippen molar-refractivity contribution in [1.82, 2.24) is 14.3 Å². The van der Waals surface area contributed by atoms with E-state index >= 15 is 0 Å². The second kappa shape index (κ2) is 8.64. The zero-order valence-electron chi connectivity index (χ0n) is 17.1. The summed E-state index contributed by atoms with van der Waals surface area (Å²) >= 11 is 0. The van der Waals surface area contributed by atoms with Gasteiger partial charge in [-0.2, -0.15) is 13.5 Å². The summed E-state index contributed by atoms with van der Waals surface area (Å²) in [6, 6.07) is 20.7. The van der Waals surface area contributed by atoms with Crippen LogP contribution in [0.4, 0.5) is 0 Å². The van der Waals surface area contributed by atoms with Gasteiger partial charge in [-0.15, -0.1) is 0 Å². The van der Waals surface area contributed by atoms with Crippen LogP contribution in [-0.2, 0) is 23.7 Å². The van der Waals surface area contributed by atoms with Crippen LogP contribution in [0.1, 0.15) is 17.0 Å². The highest BCUT2D eigenvalue weighted by Gasteiger charge is 2.07. The fourth-order valence-corrected chi connectivity index (χ4v) is 3.55. The Bertz CT molecular complexity index is 1340. The van der Waals surface area contributed by atoms with Gasteiger partial charge in [0.05, 0.1) is 11.4 Å². The molecule has 0 amide bonds. The molecule has 4 aromatic rings. The number of hydrogen-bond donors (Lipinski definition) is 2. The molecule has 0 aliphatic heterocycles. The zero-order valence-corrected chi connectivity index (χ0v) is 17.9. The van der Waals surface area contributed by atoms with E-state index in [4.69, 9.17) is 9.96 Å². The third-order valence-corrected chi connectivity index (χ3v) is 5.59. The van der Waals surface area contributed by atoms with Gasteiger partial charge in [0.25, 0.3) is 10.1 Å². The smallest absolute Gasteiger partial charge is 0.293 e. The molecule has 1 heterocycles. The number of aromatic nitrogens is 3. The molecule has 1 aromatic heterocycles. The molecule has 4 rings (SSSR count). The van der Waals surface area contributed by atoms with Crippen molar-refractivity contribution >= 4 is 20.9 Å². The molecular formula is C22H24N4O3S. The first kappa shape index (κ1) is 21.5. The molecule has 0 atom stereocenters. The number of fused-ring (bicyclic) bond motifs is 1. The van der Waals surface area contributed by atoms with Crippen LogP contribution in [0.25, 0.3) is 10.8 Å². The van der Waals surface area contributed by atoms with Gasteiger partial charge in [-0.1, -0.05) is 54.1 Å². The Hall–Kier alpha value is -3.23. The average molecular weight is 425 g/mol. The number of nitrogens with zero attached hydrogens (tertiary/aromatic N) is 3. The molecule has 0 aliphatic rings. The molecule has 7 nitrogen and oxygen atoms in total. The molecule has 3 aromatic carbocycles. The maximum Gasteiger partial charge on any atom is 0.294 e. The minimum absolute atomic E-state index is 0.0666. The average Bonchev–Trinajstić information content (AvgIpc) is 2.94. The Morgan fingerprint density at radius 3 is 2.17 bits per heavy atom. The molecule has 0 unspecified atom stereocenters. The third-order valence-electron chi connectivity index (χ3n) is 4.72. The van der Waals surface area contributed by atoms with Crippen LogP contribution in [0.2, 0.25) is 0 Å². The van der Waals surface area contributed by atoms with Crippen molar-refractivity contribution in [2.45, 2.75) is 25.3 Å². The van der Waals surface area contributed by atoms with E-state index in [1.165, 1.54) is 28.5 Å². The number of nitrogens with one attached hydrogen (secondary N) is 1. The van der Waals surface area contributed by atoms with Gasteiger partial charge in [-0.3, -0.25) is 14.5 Å². The lowest BCUT2D eigenvalue weighted by Crippen LogP contribution is -2.23. The summed E-state index contributed by atoms with van der Waals surface area (Å²) in [5.41, 5.74) is 2.57. The van der Waals surface area contributed by atoms with Crippen molar-refractivity contribution in [3.63, 3.8) is 0 Å². The predicted molar refractivity (Wildman–Crippen MR) is 116 cm³/mol. The van der Waals surface area contributed by atoms with Gasteiger partial charge in [0.15, 0.2) is 0 Å². The summed E-state index contributed by atoms with van der Waals surface area (Å²) in [6.07, 6.45) is 0. The molecule has 0 bridgehead atoms. The van der Waals surface area contributed by atoms with Crippen LogP contribution >= 0.6 is 0 Å². The molecule has 0 saturated heterocycles. The van der Waals surface area contributed by atoms with Gasteiger partial charge in [0, 0.05) is 7.05 Å². The maximum absolute atomic E-state index is 10.5. The predicted octanol–water partition coefficient (Wildman–Crippen LogP) is 3.45. The normalized spacial score (nSPS) is 11.2. The van der Waals surface area contributed by atoms with Crippen molar-refractivity contribution < 1.29 is 13.0 Å². The molecular weight excluding hydrogens is 400 g/mol. The minimum Gasteiger partial charge on any atom is -0.293 e. The van der Waals surface area contributed by atoms with Gasteiger partial charge in [0.1, 0.15) is 5.82 Å². The molecule has 30 heavy (non-hydrogen) atoms. The Labute approximate surface area is 175 Å². The van der Waals surface area contributed by atoms with Crippen LogP contribution in [-0.4, -0.2) is 27.3 Å². The summed E-state index contributed by atoms with van der Waals surface area (Å²) < 4.78 is 33.1. The van der Waals surface area contributed by atoms with E-state index in [0.29, 0.717) is 12.2 Å². The summed E-state index contributed by atoms with van der Waals surface area (Å²) in [7, 11) is -2.22. The molecule has 0 saturated carbocycles. The fourth-order valence-electron chi connectivity index (χ4n) is 3.07. The Balaban J connectivity index is 0.000000199. The summed E-state index contributed by atoms with van der Waals surface area (Å²) in [5, 5.41) is 14.7. The minimum atomic E-state index is -4.02. The van der Waals surface area contributed by atoms with Gasteiger partial charge < -0.3 is 0 Å². The Morgan fingerprint density at radius 1 is 0.967 bits per heavy atom.